The van der Waals surface area contributed by atoms with E-state index in [0.717, 1.165) is 25.9 Å². The molecule has 0 aromatic rings. The van der Waals surface area contributed by atoms with Crippen LogP contribution in [0, 0.1) is 0 Å². The quantitative estimate of drug-likeness (QED) is 0.546. The van der Waals surface area contributed by atoms with Gasteiger partial charge in [-0.1, -0.05) is 0 Å². The molecular weight excluding hydrogens is 200 g/mol. The Morgan fingerprint density at radius 2 is 2.07 bits per heavy atom. The van der Waals surface area contributed by atoms with Crippen molar-refractivity contribution in [3.8, 4) is 0 Å². The fraction of sp³-hybridized carbons (Fsp3) is 0.778. The average molecular weight is 216 g/mol. The summed E-state index contributed by atoms with van der Waals surface area (Å²) in [6, 6.07) is 0. The van der Waals surface area contributed by atoms with Crippen molar-refractivity contribution in [2.45, 2.75) is 18.9 Å². The van der Waals surface area contributed by atoms with Gasteiger partial charge < -0.3 is 20.5 Å². The van der Waals surface area contributed by atoms with Gasteiger partial charge in [-0.3, -0.25) is 9.59 Å². The first-order valence-electron chi connectivity index (χ1n) is 4.99. The Balaban J connectivity index is 2.07. The number of nitrogens with one attached hydrogen (secondary N) is 2. The number of aliphatic carboxylic acids is 1. The van der Waals surface area contributed by atoms with E-state index in [4.69, 9.17) is 9.84 Å². The number of ether oxygens (including phenoxy) is 1. The summed E-state index contributed by atoms with van der Waals surface area (Å²) in [6.45, 7) is 1.40. The van der Waals surface area contributed by atoms with Crippen molar-refractivity contribution in [1.29, 1.82) is 0 Å². The summed E-state index contributed by atoms with van der Waals surface area (Å²) < 4.78 is 5.33. The van der Waals surface area contributed by atoms with E-state index in [1.165, 1.54) is 0 Å². The lowest BCUT2D eigenvalue weighted by molar-refractivity contribution is -0.139. The van der Waals surface area contributed by atoms with Gasteiger partial charge in [-0.05, 0) is 25.9 Å². The first kappa shape index (κ1) is 11.9. The van der Waals surface area contributed by atoms with Crippen molar-refractivity contribution in [2.24, 2.45) is 0 Å². The van der Waals surface area contributed by atoms with Crippen LogP contribution in [0.2, 0.25) is 0 Å². The second-order valence-corrected chi connectivity index (χ2v) is 3.43. The molecule has 1 saturated heterocycles. The number of carboxylic acid groups (broad SMARTS) is 1. The first-order valence-corrected chi connectivity index (χ1v) is 4.99. The normalized spacial score (nSPS) is 17.3. The third-order valence-electron chi connectivity index (χ3n) is 2.17. The van der Waals surface area contributed by atoms with Crippen molar-refractivity contribution in [3.05, 3.63) is 0 Å². The van der Waals surface area contributed by atoms with Gasteiger partial charge in [0, 0.05) is 0 Å². The molecule has 1 amide bonds. The summed E-state index contributed by atoms with van der Waals surface area (Å²) in [6.07, 6.45) is 1.90. The summed E-state index contributed by atoms with van der Waals surface area (Å²) in [4.78, 5) is 21.2. The largest absolute Gasteiger partial charge is 0.480 e. The van der Waals surface area contributed by atoms with Gasteiger partial charge in [0.2, 0.25) is 5.91 Å². The molecule has 0 spiro atoms. The molecular formula is C9H16N2O4. The summed E-state index contributed by atoms with van der Waals surface area (Å²) in [5, 5.41) is 13.7. The minimum absolute atomic E-state index is 0.0576. The molecule has 6 heteroatoms. The number of carbonyl (C=O) groups excluding carboxylic acids is 1. The van der Waals surface area contributed by atoms with E-state index in [1.54, 1.807) is 0 Å². The number of amides is 1. The highest BCUT2D eigenvalue weighted by Gasteiger charge is 2.14. The Labute approximate surface area is 88.0 Å². The Morgan fingerprint density at radius 1 is 1.40 bits per heavy atom. The summed E-state index contributed by atoms with van der Waals surface area (Å²) in [5.74, 6) is -1.43. The standard InChI is InChI=1S/C9H16N2O4/c12-8(11-5-9(13)14)6-15-7-1-3-10-4-2-7/h7,10H,1-6H2,(H,11,12)(H,13,14). The van der Waals surface area contributed by atoms with Crippen LogP contribution in [0.4, 0.5) is 0 Å². The van der Waals surface area contributed by atoms with Crippen molar-refractivity contribution < 1.29 is 19.4 Å². The molecule has 0 bridgehead atoms. The smallest absolute Gasteiger partial charge is 0.322 e. The van der Waals surface area contributed by atoms with Crippen LogP contribution in [0.3, 0.4) is 0 Å². The number of carboxylic acids is 1. The third-order valence-corrected chi connectivity index (χ3v) is 2.17. The maximum Gasteiger partial charge on any atom is 0.322 e. The molecule has 15 heavy (non-hydrogen) atoms. The van der Waals surface area contributed by atoms with E-state index < -0.39 is 5.97 Å². The molecule has 0 unspecified atom stereocenters. The highest BCUT2D eigenvalue weighted by molar-refractivity contribution is 5.81. The molecule has 1 heterocycles. The molecule has 1 rings (SSSR count). The van der Waals surface area contributed by atoms with Gasteiger partial charge >= 0.3 is 5.97 Å². The third kappa shape index (κ3) is 5.34. The molecule has 6 nitrogen and oxygen atoms in total. The highest BCUT2D eigenvalue weighted by atomic mass is 16.5. The second kappa shape index (κ2) is 6.36. The predicted octanol–water partition coefficient (Wildman–Crippen LogP) is -1.04. The van der Waals surface area contributed by atoms with Crippen molar-refractivity contribution >= 4 is 11.9 Å². The highest BCUT2D eigenvalue weighted by Crippen LogP contribution is 2.06. The van der Waals surface area contributed by atoms with Crippen LogP contribution in [0.5, 0.6) is 0 Å². The van der Waals surface area contributed by atoms with Crippen LogP contribution in [-0.4, -0.2) is 49.3 Å². The van der Waals surface area contributed by atoms with Crippen LogP contribution < -0.4 is 10.6 Å². The maximum atomic E-state index is 11.1. The van der Waals surface area contributed by atoms with E-state index in [9.17, 15) is 9.59 Å². The lowest BCUT2D eigenvalue weighted by atomic mass is 10.1. The number of carbonyl (C=O) groups is 2. The average Bonchev–Trinajstić information content (AvgIpc) is 2.25. The van der Waals surface area contributed by atoms with Gasteiger partial charge in [0.1, 0.15) is 13.2 Å². The van der Waals surface area contributed by atoms with Crippen LogP contribution in [0.1, 0.15) is 12.8 Å². The maximum absolute atomic E-state index is 11.1. The van der Waals surface area contributed by atoms with Crippen molar-refractivity contribution in [2.75, 3.05) is 26.2 Å². The molecule has 0 aromatic heterocycles. The van der Waals surface area contributed by atoms with Crippen LogP contribution in [0.15, 0.2) is 0 Å². The molecule has 0 aliphatic carbocycles. The molecule has 1 aliphatic heterocycles. The van der Waals surface area contributed by atoms with E-state index in [0.29, 0.717) is 0 Å². The number of piperidine rings is 1. The molecule has 0 atom stereocenters. The Bertz CT molecular complexity index is 226. The van der Waals surface area contributed by atoms with E-state index in [2.05, 4.69) is 10.6 Å². The van der Waals surface area contributed by atoms with Crippen LogP contribution >= 0.6 is 0 Å². The number of rotatable bonds is 5. The Kier molecular flexibility index (Phi) is 5.06. The van der Waals surface area contributed by atoms with E-state index >= 15 is 0 Å². The van der Waals surface area contributed by atoms with Crippen molar-refractivity contribution in [3.63, 3.8) is 0 Å². The fourth-order valence-electron chi connectivity index (χ4n) is 1.38. The van der Waals surface area contributed by atoms with Gasteiger partial charge in [0.05, 0.1) is 6.10 Å². The van der Waals surface area contributed by atoms with E-state index in [-0.39, 0.29) is 25.2 Å². The zero-order valence-corrected chi connectivity index (χ0v) is 8.49. The molecule has 0 saturated carbocycles. The minimum atomic E-state index is -1.05. The number of hydrogen-bond donors (Lipinski definition) is 3. The number of hydrogen-bond acceptors (Lipinski definition) is 4. The lowest BCUT2D eigenvalue weighted by Gasteiger charge is -2.22. The monoisotopic (exact) mass is 216 g/mol. The lowest BCUT2D eigenvalue weighted by Crippen LogP contribution is -2.37. The molecule has 1 aliphatic rings. The topological polar surface area (TPSA) is 87.7 Å². The molecule has 0 radical (unpaired) electrons. The van der Waals surface area contributed by atoms with Gasteiger partial charge in [0.15, 0.2) is 0 Å². The fourth-order valence-corrected chi connectivity index (χ4v) is 1.38. The Morgan fingerprint density at radius 3 is 2.67 bits per heavy atom. The van der Waals surface area contributed by atoms with Gasteiger partial charge in [-0.25, -0.2) is 0 Å². The van der Waals surface area contributed by atoms with Gasteiger partial charge in [0.25, 0.3) is 0 Å². The van der Waals surface area contributed by atoms with E-state index in [1.807, 2.05) is 0 Å². The van der Waals surface area contributed by atoms with Crippen LogP contribution in [-0.2, 0) is 14.3 Å². The predicted molar refractivity (Wildman–Crippen MR) is 52.5 cm³/mol. The first-order chi connectivity index (χ1) is 7.18. The van der Waals surface area contributed by atoms with Gasteiger partial charge in [-0.15, -0.1) is 0 Å². The van der Waals surface area contributed by atoms with Crippen LogP contribution in [0.25, 0.3) is 0 Å². The SMILES string of the molecule is O=C(O)CNC(=O)COC1CCNCC1. The summed E-state index contributed by atoms with van der Waals surface area (Å²) in [7, 11) is 0. The Hall–Kier alpha value is -1.14. The van der Waals surface area contributed by atoms with Crippen molar-refractivity contribution in [1.82, 2.24) is 10.6 Å². The van der Waals surface area contributed by atoms with Gasteiger partial charge in [-0.2, -0.15) is 0 Å². The zero-order chi connectivity index (χ0) is 11.1. The summed E-state index contributed by atoms with van der Waals surface area (Å²) >= 11 is 0. The zero-order valence-electron chi connectivity index (χ0n) is 8.49. The summed E-state index contributed by atoms with van der Waals surface area (Å²) in [5.41, 5.74) is 0. The molecule has 0 aromatic carbocycles. The molecule has 86 valence electrons. The molecule has 1 fully saturated rings. The molecule has 3 N–H and O–H groups in total. The second-order valence-electron chi connectivity index (χ2n) is 3.43. The minimum Gasteiger partial charge on any atom is -0.480 e.